The van der Waals surface area contributed by atoms with Gasteiger partial charge in [0.1, 0.15) is 0 Å². The number of aliphatic hydroxyl groups is 1. The van der Waals surface area contributed by atoms with Gasteiger partial charge in [-0.3, -0.25) is 20.2 Å². The molecule has 0 spiro atoms. The second-order valence-corrected chi connectivity index (χ2v) is 9.74. The van der Waals surface area contributed by atoms with E-state index in [1.54, 1.807) is 13.8 Å². The van der Waals surface area contributed by atoms with Crippen LogP contribution in [-0.4, -0.2) is 33.6 Å². The molecule has 0 amide bonds. The smallest absolute Gasteiger partial charge is 0.338 e. The van der Waals surface area contributed by atoms with E-state index in [4.69, 9.17) is 4.74 Å². The molecular formula is C25H24N2O7S. The summed E-state index contributed by atoms with van der Waals surface area (Å²) >= 11 is 1.48. The summed E-state index contributed by atoms with van der Waals surface area (Å²) in [5, 5.41) is 33.2. The standard InChI is InChI=1S/C25H24N2O7S/c1-25(2,16-34-24(29)18-13-19(26(30)31)15-20(14-18)27(32)33)23(28)22(17-9-5-3-6-10-17)35-21-11-7-4-8-12-21/h3-15,22-23,28H,16H2,1-2H3/t22-,23-/m1/s1. The van der Waals surface area contributed by atoms with E-state index in [1.165, 1.54) is 11.8 Å². The van der Waals surface area contributed by atoms with Crippen LogP contribution >= 0.6 is 11.8 Å². The summed E-state index contributed by atoms with van der Waals surface area (Å²) in [5.74, 6) is -0.955. The van der Waals surface area contributed by atoms with E-state index in [1.807, 2.05) is 60.7 Å². The van der Waals surface area contributed by atoms with Gasteiger partial charge >= 0.3 is 5.97 Å². The molecule has 0 aliphatic carbocycles. The zero-order chi connectivity index (χ0) is 25.6. The largest absolute Gasteiger partial charge is 0.461 e. The number of nitrogens with zero attached hydrogens (tertiary/aromatic N) is 2. The average molecular weight is 497 g/mol. The fourth-order valence-corrected chi connectivity index (χ4v) is 4.76. The Labute approximate surface area is 206 Å². The number of hydrogen-bond acceptors (Lipinski definition) is 8. The maximum Gasteiger partial charge on any atom is 0.338 e. The molecule has 1 N–H and O–H groups in total. The lowest BCUT2D eigenvalue weighted by atomic mass is 9.83. The van der Waals surface area contributed by atoms with Gasteiger partial charge in [-0.15, -0.1) is 11.8 Å². The van der Waals surface area contributed by atoms with Crippen LogP contribution < -0.4 is 0 Å². The summed E-state index contributed by atoms with van der Waals surface area (Å²) in [6.07, 6.45) is -0.956. The van der Waals surface area contributed by atoms with Crippen molar-refractivity contribution in [3.63, 3.8) is 0 Å². The lowest BCUT2D eigenvalue weighted by Crippen LogP contribution is -2.38. The van der Waals surface area contributed by atoms with Gasteiger partial charge in [0.25, 0.3) is 11.4 Å². The van der Waals surface area contributed by atoms with Crippen LogP contribution in [0.4, 0.5) is 11.4 Å². The number of nitro benzene ring substituents is 2. The number of benzene rings is 3. The van der Waals surface area contributed by atoms with E-state index in [0.717, 1.165) is 28.7 Å². The summed E-state index contributed by atoms with van der Waals surface area (Å²) in [7, 11) is 0. The Balaban J connectivity index is 1.80. The number of rotatable bonds is 10. The number of nitro groups is 2. The summed E-state index contributed by atoms with van der Waals surface area (Å²) in [4.78, 5) is 34.2. The highest BCUT2D eigenvalue weighted by Crippen LogP contribution is 2.43. The minimum atomic E-state index is -0.956. The molecule has 0 fully saturated rings. The lowest BCUT2D eigenvalue weighted by Gasteiger charge is -2.35. The van der Waals surface area contributed by atoms with Crippen molar-refractivity contribution in [3.8, 4) is 0 Å². The molecule has 0 aliphatic heterocycles. The van der Waals surface area contributed by atoms with Gasteiger partial charge in [-0.25, -0.2) is 4.79 Å². The molecule has 3 aromatic rings. The zero-order valence-electron chi connectivity index (χ0n) is 19.1. The van der Waals surface area contributed by atoms with Gasteiger partial charge in [-0.1, -0.05) is 62.4 Å². The number of aliphatic hydroxyl groups excluding tert-OH is 1. The molecule has 2 atom stereocenters. The molecule has 0 aliphatic rings. The van der Waals surface area contributed by atoms with E-state index < -0.39 is 38.7 Å². The Morgan fingerprint density at radius 1 is 0.943 bits per heavy atom. The third-order valence-electron chi connectivity index (χ3n) is 5.36. The van der Waals surface area contributed by atoms with Crippen LogP contribution in [0.15, 0.2) is 83.8 Å². The molecule has 3 aromatic carbocycles. The minimum absolute atomic E-state index is 0.220. The molecule has 0 unspecified atom stereocenters. The number of hydrogen-bond donors (Lipinski definition) is 1. The van der Waals surface area contributed by atoms with Crippen molar-refractivity contribution < 1.29 is 24.5 Å². The topological polar surface area (TPSA) is 133 Å². The predicted molar refractivity (Wildman–Crippen MR) is 131 cm³/mol. The number of ether oxygens (including phenoxy) is 1. The fraction of sp³-hybridized carbons (Fsp3) is 0.240. The van der Waals surface area contributed by atoms with Crippen LogP contribution in [0.5, 0.6) is 0 Å². The van der Waals surface area contributed by atoms with E-state index in [9.17, 15) is 30.1 Å². The van der Waals surface area contributed by atoms with Gasteiger partial charge in [0.2, 0.25) is 0 Å². The van der Waals surface area contributed by atoms with Gasteiger partial charge < -0.3 is 9.84 Å². The predicted octanol–water partition coefficient (Wildman–Crippen LogP) is 5.58. The van der Waals surface area contributed by atoms with Crippen molar-refractivity contribution in [2.24, 2.45) is 5.41 Å². The summed E-state index contributed by atoms with van der Waals surface area (Å²) in [6, 6.07) is 21.7. The average Bonchev–Trinajstić information content (AvgIpc) is 2.86. The van der Waals surface area contributed by atoms with Crippen LogP contribution in [0.3, 0.4) is 0 Å². The van der Waals surface area contributed by atoms with Crippen LogP contribution in [-0.2, 0) is 4.74 Å². The minimum Gasteiger partial charge on any atom is -0.461 e. The Morgan fingerprint density at radius 2 is 1.46 bits per heavy atom. The highest BCUT2D eigenvalue weighted by atomic mass is 32.2. The Bertz CT molecular complexity index is 1170. The highest BCUT2D eigenvalue weighted by molar-refractivity contribution is 7.99. The summed E-state index contributed by atoms with van der Waals surface area (Å²) < 4.78 is 5.37. The molecular weight excluding hydrogens is 472 g/mol. The summed E-state index contributed by atoms with van der Waals surface area (Å²) in [5.41, 5.74) is -1.52. The van der Waals surface area contributed by atoms with Crippen molar-refractivity contribution in [1.82, 2.24) is 0 Å². The van der Waals surface area contributed by atoms with Crippen molar-refractivity contribution in [2.45, 2.75) is 30.1 Å². The van der Waals surface area contributed by atoms with Gasteiger partial charge in [-0.05, 0) is 17.7 Å². The number of carbonyl (C=O) groups is 1. The maximum atomic E-state index is 12.6. The molecule has 10 heteroatoms. The molecule has 0 bridgehead atoms. The van der Waals surface area contributed by atoms with Crippen LogP contribution in [0, 0.1) is 25.6 Å². The van der Waals surface area contributed by atoms with Crippen molar-refractivity contribution in [3.05, 3.63) is 110 Å². The second-order valence-electron chi connectivity index (χ2n) is 8.52. The Morgan fingerprint density at radius 3 is 1.97 bits per heavy atom. The van der Waals surface area contributed by atoms with E-state index in [-0.39, 0.29) is 17.4 Å². The van der Waals surface area contributed by atoms with Gasteiger partial charge in [0.05, 0.1) is 39.4 Å². The SMILES string of the molecule is CC(C)(COC(=O)c1cc([N+](=O)[O-])cc([N+](=O)[O-])c1)[C@H](O)[C@H](Sc1ccccc1)c1ccccc1. The van der Waals surface area contributed by atoms with Crippen molar-refractivity contribution in [1.29, 1.82) is 0 Å². The Hall–Kier alpha value is -3.76. The quantitative estimate of drug-likeness (QED) is 0.166. The second kappa shape index (κ2) is 11.1. The fourth-order valence-electron chi connectivity index (χ4n) is 3.36. The van der Waals surface area contributed by atoms with E-state index >= 15 is 0 Å². The van der Waals surface area contributed by atoms with Crippen LogP contribution in [0.25, 0.3) is 0 Å². The molecule has 35 heavy (non-hydrogen) atoms. The molecule has 182 valence electrons. The maximum absolute atomic E-state index is 12.6. The third-order valence-corrected chi connectivity index (χ3v) is 6.69. The van der Waals surface area contributed by atoms with E-state index in [0.29, 0.717) is 0 Å². The third kappa shape index (κ3) is 6.65. The number of esters is 1. The molecule has 0 radical (unpaired) electrons. The van der Waals surface area contributed by atoms with Crippen molar-refractivity contribution >= 4 is 29.1 Å². The van der Waals surface area contributed by atoms with Gasteiger partial charge in [0.15, 0.2) is 0 Å². The normalized spacial score (nSPS) is 13.0. The first-order chi connectivity index (χ1) is 16.6. The molecule has 0 aromatic heterocycles. The first-order valence-electron chi connectivity index (χ1n) is 10.6. The van der Waals surface area contributed by atoms with Crippen LogP contribution in [0.2, 0.25) is 0 Å². The molecule has 0 saturated heterocycles. The first-order valence-corrected chi connectivity index (χ1v) is 11.5. The number of thioether (sulfide) groups is 1. The summed E-state index contributed by atoms with van der Waals surface area (Å²) in [6.45, 7) is 3.26. The van der Waals surface area contributed by atoms with Gasteiger partial charge in [-0.2, -0.15) is 0 Å². The molecule has 0 saturated carbocycles. The van der Waals surface area contributed by atoms with Crippen molar-refractivity contribution in [2.75, 3.05) is 6.61 Å². The van der Waals surface area contributed by atoms with Gasteiger partial charge in [0, 0.05) is 22.4 Å². The Kier molecular flexibility index (Phi) is 8.21. The number of non-ortho nitro benzene ring substituents is 2. The molecule has 3 rings (SSSR count). The monoisotopic (exact) mass is 496 g/mol. The highest BCUT2D eigenvalue weighted by Gasteiger charge is 2.37. The van der Waals surface area contributed by atoms with E-state index in [2.05, 4.69) is 0 Å². The zero-order valence-corrected chi connectivity index (χ0v) is 19.9. The van der Waals surface area contributed by atoms with Crippen LogP contribution in [0.1, 0.15) is 35.0 Å². The number of carbonyl (C=O) groups excluding carboxylic acids is 1. The molecule has 0 heterocycles. The lowest BCUT2D eigenvalue weighted by molar-refractivity contribution is -0.394. The molecule has 9 nitrogen and oxygen atoms in total. The first kappa shape index (κ1) is 25.9.